The molecule has 1 atom stereocenters. The summed E-state index contributed by atoms with van der Waals surface area (Å²) >= 11 is 0. The summed E-state index contributed by atoms with van der Waals surface area (Å²) in [4.78, 5) is 27.8. The smallest absolute Gasteiger partial charge is 0.246 e. The topological polar surface area (TPSA) is 79.2 Å². The summed E-state index contributed by atoms with van der Waals surface area (Å²) in [6, 6.07) is 7.31. The molecular weight excluding hydrogens is 242 g/mol. The zero-order chi connectivity index (χ0) is 13.4. The molecule has 1 aliphatic heterocycles. The van der Waals surface area contributed by atoms with E-state index in [9.17, 15) is 9.59 Å². The molecule has 2 amide bonds. The number of hydrogen-bond donors (Lipinski definition) is 2. The maximum Gasteiger partial charge on any atom is 0.246 e. The first-order valence-electron chi connectivity index (χ1n) is 6.31. The highest BCUT2D eigenvalue weighted by molar-refractivity contribution is 6.05. The molecule has 0 saturated carbocycles. The second kappa shape index (κ2) is 4.51. The van der Waals surface area contributed by atoms with Gasteiger partial charge in [-0.3, -0.25) is 14.5 Å². The van der Waals surface area contributed by atoms with Crippen LogP contribution in [0, 0.1) is 0 Å². The normalized spacial score (nSPS) is 19.6. The van der Waals surface area contributed by atoms with E-state index in [4.69, 9.17) is 5.73 Å². The molecule has 5 nitrogen and oxygen atoms in total. The first-order valence-corrected chi connectivity index (χ1v) is 6.31. The summed E-state index contributed by atoms with van der Waals surface area (Å²) < 4.78 is 0. The number of H-pyrrole nitrogens is 1. The van der Waals surface area contributed by atoms with Crippen molar-refractivity contribution in [1.29, 1.82) is 0 Å². The van der Waals surface area contributed by atoms with Crippen LogP contribution in [0.2, 0.25) is 0 Å². The molecule has 5 heteroatoms. The van der Waals surface area contributed by atoms with Crippen molar-refractivity contribution in [2.24, 2.45) is 5.73 Å². The fourth-order valence-electron chi connectivity index (χ4n) is 2.51. The molecule has 3 rings (SSSR count). The van der Waals surface area contributed by atoms with Gasteiger partial charge in [0.2, 0.25) is 11.8 Å². The van der Waals surface area contributed by atoms with Crippen LogP contribution in [0.3, 0.4) is 0 Å². The van der Waals surface area contributed by atoms with Crippen LogP contribution in [0.15, 0.2) is 30.5 Å². The van der Waals surface area contributed by atoms with E-state index in [1.807, 2.05) is 30.5 Å². The van der Waals surface area contributed by atoms with Gasteiger partial charge in [-0.1, -0.05) is 18.2 Å². The van der Waals surface area contributed by atoms with Gasteiger partial charge in [0.1, 0.15) is 0 Å². The van der Waals surface area contributed by atoms with E-state index in [2.05, 4.69) is 4.98 Å². The average molecular weight is 257 g/mol. The number of likely N-dealkylation sites (tertiary alicyclic amines) is 1. The maximum absolute atomic E-state index is 11.7. The van der Waals surface area contributed by atoms with Crippen LogP contribution >= 0.6 is 0 Å². The van der Waals surface area contributed by atoms with E-state index in [0.717, 1.165) is 16.5 Å². The zero-order valence-electron chi connectivity index (χ0n) is 10.4. The molecule has 0 radical (unpaired) electrons. The van der Waals surface area contributed by atoms with Gasteiger partial charge in [0.15, 0.2) is 0 Å². The molecule has 1 fully saturated rings. The van der Waals surface area contributed by atoms with Gasteiger partial charge >= 0.3 is 0 Å². The van der Waals surface area contributed by atoms with E-state index in [-0.39, 0.29) is 18.2 Å². The minimum absolute atomic E-state index is 0.132. The van der Waals surface area contributed by atoms with Gasteiger partial charge in [-0.2, -0.15) is 0 Å². The number of hydrogen-bond acceptors (Lipinski definition) is 3. The molecular formula is C14H15N3O2. The molecule has 19 heavy (non-hydrogen) atoms. The summed E-state index contributed by atoms with van der Waals surface area (Å²) in [5.41, 5.74) is 7.75. The van der Waals surface area contributed by atoms with Crippen LogP contribution in [-0.2, 0) is 16.0 Å². The van der Waals surface area contributed by atoms with E-state index in [1.54, 1.807) is 0 Å². The number of para-hydroxylation sites is 1. The highest BCUT2D eigenvalue weighted by atomic mass is 16.2. The summed E-state index contributed by atoms with van der Waals surface area (Å²) in [5, 5.41) is 1.13. The average Bonchev–Trinajstić information content (AvgIpc) is 2.91. The van der Waals surface area contributed by atoms with Crippen molar-refractivity contribution in [3.05, 3.63) is 36.0 Å². The highest BCUT2D eigenvalue weighted by Crippen LogP contribution is 2.19. The fraction of sp³-hybridized carbons (Fsp3) is 0.286. The lowest BCUT2D eigenvalue weighted by molar-refractivity contribution is -0.138. The van der Waals surface area contributed by atoms with Crippen molar-refractivity contribution < 1.29 is 9.59 Å². The molecule has 1 saturated heterocycles. The Balaban J connectivity index is 1.76. The van der Waals surface area contributed by atoms with Crippen LogP contribution in [-0.4, -0.2) is 34.3 Å². The molecule has 0 bridgehead atoms. The molecule has 1 aromatic carbocycles. The number of amides is 2. The van der Waals surface area contributed by atoms with Gasteiger partial charge in [-0.25, -0.2) is 0 Å². The molecule has 0 unspecified atom stereocenters. The van der Waals surface area contributed by atoms with Crippen LogP contribution in [0.1, 0.15) is 12.0 Å². The van der Waals surface area contributed by atoms with E-state index in [0.29, 0.717) is 13.0 Å². The number of carbonyl (C=O) groups excluding carboxylic acids is 2. The Morgan fingerprint density at radius 2 is 2.11 bits per heavy atom. The molecule has 0 aliphatic carbocycles. The lowest BCUT2D eigenvalue weighted by atomic mass is 10.1. The zero-order valence-corrected chi connectivity index (χ0v) is 10.4. The van der Waals surface area contributed by atoms with Crippen LogP contribution < -0.4 is 5.73 Å². The number of rotatable bonds is 3. The molecule has 2 heterocycles. The van der Waals surface area contributed by atoms with Crippen LogP contribution in [0.5, 0.6) is 0 Å². The van der Waals surface area contributed by atoms with E-state index >= 15 is 0 Å². The van der Waals surface area contributed by atoms with E-state index in [1.165, 1.54) is 4.90 Å². The fourth-order valence-corrected chi connectivity index (χ4v) is 2.51. The van der Waals surface area contributed by atoms with Crippen molar-refractivity contribution in [2.45, 2.75) is 18.9 Å². The Labute approximate surface area is 110 Å². The third kappa shape index (κ3) is 2.02. The molecule has 1 aromatic heterocycles. The Hall–Kier alpha value is -2.14. The van der Waals surface area contributed by atoms with Crippen molar-refractivity contribution >= 4 is 22.7 Å². The third-order valence-corrected chi connectivity index (χ3v) is 3.56. The standard InChI is InChI=1S/C14H15N3O2/c15-11-7-13(18)17(14(11)19)6-5-9-8-16-12-4-2-1-3-10(9)12/h1-4,8,11,16H,5-7,15H2/t11-/m0/s1. The predicted molar refractivity (Wildman–Crippen MR) is 71.3 cm³/mol. The second-order valence-electron chi connectivity index (χ2n) is 4.80. The highest BCUT2D eigenvalue weighted by Gasteiger charge is 2.35. The van der Waals surface area contributed by atoms with Crippen molar-refractivity contribution in [3.63, 3.8) is 0 Å². The number of imide groups is 1. The van der Waals surface area contributed by atoms with Gasteiger partial charge in [0.05, 0.1) is 12.5 Å². The van der Waals surface area contributed by atoms with Crippen LogP contribution in [0.4, 0.5) is 0 Å². The summed E-state index contributed by atoms with van der Waals surface area (Å²) in [7, 11) is 0. The Morgan fingerprint density at radius 1 is 1.32 bits per heavy atom. The van der Waals surface area contributed by atoms with Crippen molar-refractivity contribution in [2.75, 3.05) is 6.54 Å². The Morgan fingerprint density at radius 3 is 2.84 bits per heavy atom. The van der Waals surface area contributed by atoms with Crippen LogP contribution in [0.25, 0.3) is 10.9 Å². The molecule has 2 aromatic rings. The third-order valence-electron chi connectivity index (χ3n) is 3.56. The lowest BCUT2D eigenvalue weighted by Crippen LogP contribution is -2.36. The van der Waals surface area contributed by atoms with Crippen molar-refractivity contribution in [1.82, 2.24) is 9.88 Å². The number of fused-ring (bicyclic) bond motifs is 1. The number of nitrogens with one attached hydrogen (secondary N) is 1. The molecule has 1 aliphatic rings. The monoisotopic (exact) mass is 257 g/mol. The first kappa shape index (κ1) is 11.9. The number of aromatic nitrogens is 1. The molecule has 3 N–H and O–H groups in total. The van der Waals surface area contributed by atoms with Gasteiger partial charge in [0.25, 0.3) is 0 Å². The minimum atomic E-state index is -0.657. The predicted octanol–water partition coefficient (Wildman–Crippen LogP) is 0.797. The van der Waals surface area contributed by atoms with E-state index < -0.39 is 6.04 Å². The largest absolute Gasteiger partial charge is 0.361 e. The number of nitrogens with zero attached hydrogens (tertiary/aromatic N) is 1. The van der Waals surface area contributed by atoms with Gasteiger partial charge < -0.3 is 10.7 Å². The molecule has 98 valence electrons. The number of aromatic amines is 1. The SMILES string of the molecule is N[C@H]1CC(=O)N(CCc2c[nH]c3ccccc23)C1=O. The number of carbonyl (C=O) groups is 2. The Kier molecular flexibility index (Phi) is 2.83. The summed E-state index contributed by atoms with van der Waals surface area (Å²) in [6.45, 7) is 0.396. The second-order valence-corrected chi connectivity index (χ2v) is 4.80. The summed E-state index contributed by atoms with van der Waals surface area (Å²) in [6.07, 6.45) is 2.70. The number of nitrogens with two attached hydrogens (primary N) is 1. The Bertz CT molecular complexity index is 647. The minimum Gasteiger partial charge on any atom is -0.361 e. The molecule has 0 spiro atoms. The van der Waals surface area contributed by atoms with Gasteiger partial charge in [-0.15, -0.1) is 0 Å². The van der Waals surface area contributed by atoms with Gasteiger partial charge in [0, 0.05) is 23.6 Å². The maximum atomic E-state index is 11.7. The lowest BCUT2D eigenvalue weighted by Gasteiger charge is -2.13. The first-order chi connectivity index (χ1) is 9.16. The van der Waals surface area contributed by atoms with Crippen molar-refractivity contribution in [3.8, 4) is 0 Å². The van der Waals surface area contributed by atoms with Gasteiger partial charge in [-0.05, 0) is 18.1 Å². The summed E-state index contributed by atoms with van der Waals surface area (Å²) in [5.74, 6) is -0.429. The quantitative estimate of drug-likeness (QED) is 0.798. The number of benzene rings is 1.